The zero-order valence-corrected chi connectivity index (χ0v) is 12.5. The predicted molar refractivity (Wildman–Crippen MR) is 80.4 cm³/mol. The van der Waals surface area contributed by atoms with Gasteiger partial charge in [0.25, 0.3) is 5.91 Å². The lowest BCUT2D eigenvalue weighted by Crippen LogP contribution is -2.36. The van der Waals surface area contributed by atoms with Crippen molar-refractivity contribution in [2.24, 2.45) is 0 Å². The maximum Gasteiger partial charge on any atom is 0.258 e. The Balaban J connectivity index is 1.51. The number of rotatable bonds is 5. The quantitative estimate of drug-likeness (QED) is 0.918. The van der Waals surface area contributed by atoms with Gasteiger partial charge < -0.3 is 14.6 Å². The lowest BCUT2D eigenvalue weighted by Gasteiger charge is -2.12. The van der Waals surface area contributed by atoms with E-state index in [0.29, 0.717) is 23.5 Å². The van der Waals surface area contributed by atoms with Crippen molar-refractivity contribution in [1.29, 1.82) is 0 Å². The molecule has 22 heavy (non-hydrogen) atoms. The van der Waals surface area contributed by atoms with Gasteiger partial charge in [0, 0.05) is 18.5 Å². The molecule has 0 aliphatic heterocycles. The molecule has 0 bridgehead atoms. The average molecular weight is 301 g/mol. The van der Waals surface area contributed by atoms with Gasteiger partial charge >= 0.3 is 0 Å². The molecule has 1 amide bonds. The molecule has 0 unspecified atom stereocenters. The van der Waals surface area contributed by atoms with Crippen molar-refractivity contribution in [3.8, 4) is 17.1 Å². The van der Waals surface area contributed by atoms with E-state index in [2.05, 4.69) is 15.5 Å². The highest BCUT2D eigenvalue weighted by molar-refractivity contribution is 5.77. The van der Waals surface area contributed by atoms with Gasteiger partial charge in [0.15, 0.2) is 6.61 Å². The molecule has 1 heterocycles. The number of benzene rings is 1. The van der Waals surface area contributed by atoms with Crippen molar-refractivity contribution < 1.29 is 14.1 Å². The Kier molecular flexibility index (Phi) is 4.37. The summed E-state index contributed by atoms with van der Waals surface area (Å²) in [5, 5.41) is 6.85. The first-order valence-electron chi connectivity index (χ1n) is 7.53. The number of amides is 1. The van der Waals surface area contributed by atoms with E-state index in [9.17, 15) is 4.79 Å². The van der Waals surface area contributed by atoms with Gasteiger partial charge in [-0.05, 0) is 37.1 Å². The molecule has 0 atom stereocenters. The van der Waals surface area contributed by atoms with Crippen LogP contribution in [0, 0.1) is 6.92 Å². The van der Waals surface area contributed by atoms with Gasteiger partial charge in [0.2, 0.25) is 11.7 Å². The van der Waals surface area contributed by atoms with Gasteiger partial charge in [-0.15, -0.1) is 0 Å². The standard InChI is InChI=1S/C16H19N3O3/c1-11-17-16(19-22-11)12-6-8-14(9-7-12)21-10-15(20)18-13-4-2-3-5-13/h6-9,13H,2-5,10H2,1H3,(H,18,20). The van der Waals surface area contributed by atoms with Crippen molar-refractivity contribution >= 4 is 5.91 Å². The summed E-state index contributed by atoms with van der Waals surface area (Å²) >= 11 is 0. The minimum absolute atomic E-state index is 0.0389. The number of aromatic nitrogens is 2. The number of ether oxygens (including phenoxy) is 1. The van der Waals surface area contributed by atoms with Crippen LogP contribution in [0.15, 0.2) is 28.8 Å². The number of hydrogen-bond donors (Lipinski definition) is 1. The normalized spacial score (nSPS) is 15.0. The zero-order valence-electron chi connectivity index (χ0n) is 12.5. The van der Waals surface area contributed by atoms with Crippen molar-refractivity contribution in [1.82, 2.24) is 15.5 Å². The molecular weight excluding hydrogens is 282 g/mol. The summed E-state index contributed by atoms with van der Waals surface area (Å²) in [5.74, 6) is 1.65. The van der Waals surface area contributed by atoms with Gasteiger partial charge in [0.1, 0.15) is 5.75 Å². The van der Waals surface area contributed by atoms with Crippen LogP contribution in [0.3, 0.4) is 0 Å². The summed E-state index contributed by atoms with van der Waals surface area (Å²) in [6, 6.07) is 7.59. The van der Waals surface area contributed by atoms with Gasteiger partial charge in [-0.25, -0.2) is 0 Å². The molecule has 1 aromatic heterocycles. The van der Waals surface area contributed by atoms with Crippen LogP contribution in [0.4, 0.5) is 0 Å². The van der Waals surface area contributed by atoms with E-state index in [1.165, 1.54) is 12.8 Å². The summed E-state index contributed by atoms with van der Waals surface area (Å²) in [6.07, 6.45) is 4.54. The Labute approximate surface area is 128 Å². The second-order valence-electron chi connectivity index (χ2n) is 5.50. The summed E-state index contributed by atoms with van der Waals surface area (Å²) in [5.41, 5.74) is 0.847. The first-order valence-corrected chi connectivity index (χ1v) is 7.53. The first-order chi connectivity index (χ1) is 10.7. The number of nitrogens with zero attached hydrogens (tertiary/aromatic N) is 2. The minimum atomic E-state index is -0.0650. The van der Waals surface area contributed by atoms with Gasteiger partial charge in [-0.3, -0.25) is 4.79 Å². The Bertz CT molecular complexity index is 630. The summed E-state index contributed by atoms with van der Waals surface area (Å²) in [6.45, 7) is 1.79. The van der Waals surface area contributed by atoms with Crippen LogP contribution in [0.25, 0.3) is 11.4 Å². The fourth-order valence-corrected chi connectivity index (χ4v) is 2.61. The van der Waals surface area contributed by atoms with Gasteiger partial charge in [0.05, 0.1) is 0 Å². The Morgan fingerprint density at radius 2 is 2.05 bits per heavy atom. The van der Waals surface area contributed by atoms with Crippen LogP contribution in [0.1, 0.15) is 31.6 Å². The summed E-state index contributed by atoms with van der Waals surface area (Å²) in [7, 11) is 0. The molecule has 3 rings (SSSR count). The van der Waals surface area contributed by atoms with E-state index in [4.69, 9.17) is 9.26 Å². The molecule has 1 fully saturated rings. The third-order valence-corrected chi connectivity index (χ3v) is 3.73. The van der Waals surface area contributed by atoms with Crippen LogP contribution in [-0.2, 0) is 4.79 Å². The number of aryl methyl sites for hydroxylation is 1. The highest BCUT2D eigenvalue weighted by Gasteiger charge is 2.17. The molecule has 2 aromatic rings. The fourth-order valence-electron chi connectivity index (χ4n) is 2.61. The van der Waals surface area contributed by atoms with Crippen molar-refractivity contribution in [3.63, 3.8) is 0 Å². The van der Waals surface area contributed by atoms with E-state index >= 15 is 0 Å². The average Bonchev–Trinajstić information content (AvgIpc) is 3.17. The Morgan fingerprint density at radius 1 is 1.32 bits per heavy atom. The lowest BCUT2D eigenvalue weighted by atomic mass is 10.2. The largest absolute Gasteiger partial charge is 0.484 e. The minimum Gasteiger partial charge on any atom is -0.484 e. The summed E-state index contributed by atoms with van der Waals surface area (Å²) in [4.78, 5) is 16.0. The van der Waals surface area contributed by atoms with Gasteiger partial charge in [-0.1, -0.05) is 18.0 Å². The molecule has 6 nitrogen and oxygen atoms in total. The Hall–Kier alpha value is -2.37. The fraction of sp³-hybridized carbons (Fsp3) is 0.438. The molecule has 116 valence electrons. The molecule has 6 heteroatoms. The van der Waals surface area contributed by atoms with Crippen LogP contribution in [-0.4, -0.2) is 28.7 Å². The molecule has 1 N–H and O–H groups in total. The van der Waals surface area contributed by atoms with Gasteiger partial charge in [-0.2, -0.15) is 4.98 Å². The van der Waals surface area contributed by atoms with Crippen molar-refractivity contribution in [3.05, 3.63) is 30.2 Å². The SMILES string of the molecule is Cc1nc(-c2ccc(OCC(=O)NC3CCCC3)cc2)no1. The van der Waals surface area contributed by atoms with Crippen molar-refractivity contribution in [2.75, 3.05) is 6.61 Å². The smallest absolute Gasteiger partial charge is 0.258 e. The predicted octanol–water partition coefficient (Wildman–Crippen LogP) is 2.48. The second-order valence-corrected chi connectivity index (χ2v) is 5.50. The second kappa shape index (κ2) is 6.60. The topological polar surface area (TPSA) is 77.2 Å². The maximum atomic E-state index is 11.8. The highest BCUT2D eigenvalue weighted by Crippen LogP contribution is 2.20. The van der Waals surface area contributed by atoms with E-state index in [-0.39, 0.29) is 12.5 Å². The monoisotopic (exact) mass is 301 g/mol. The number of nitrogens with one attached hydrogen (secondary N) is 1. The van der Waals surface area contributed by atoms with Crippen molar-refractivity contribution in [2.45, 2.75) is 38.6 Å². The summed E-state index contributed by atoms with van der Waals surface area (Å²) < 4.78 is 10.4. The molecule has 0 spiro atoms. The van der Waals surface area contributed by atoms with Crippen LogP contribution < -0.4 is 10.1 Å². The highest BCUT2D eigenvalue weighted by atomic mass is 16.5. The molecule has 0 radical (unpaired) electrons. The van der Waals surface area contributed by atoms with E-state index in [1.807, 2.05) is 12.1 Å². The molecule has 0 saturated heterocycles. The maximum absolute atomic E-state index is 11.8. The number of carbonyl (C=O) groups is 1. The molecular formula is C16H19N3O3. The first kappa shape index (κ1) is 14.6. The Morgan fingerprint density at radius 3 is 2.68 bits per heavy atom. The van der Waals surface area contributed by atoms with Crippen LogP contribution in [0.2, 0.25) is 0 Å². The van der Waals surface area contributed by atoms with E-state index < -0.39 is 0 Å². The third kappa shape index (κ3) is 3.63. The third-order valence-electron chi connectivity index (χ3n) is 3.73. The molecule has 1 saturated carbocycles. The van der Waals surface area contributed by atoms with Crippen LogP contribution >= 0.6 is 0 Å². The molecule has 1 aromatic carbocycles. The molecule has 1 aliphatic rings. The van der Waals surface area contributed by atoms with E-state index in [0.717, 1.165) is 18.4 Å². The molecule has 1 aliphatic carbocycles. The van der Waals surface area contributed by atoms with Crippen LogP contribution in [0.5, 0.6) is 5.75 Å². The van der Waals surface area contributed by atoms with E-state index in [1.54, 1.807) is 19.1 Å². The lowest BCUT2D eigenvalue weighted by molar-refractivity contribution is -0.123. The number of hydrogen-bond acceptors (Lipinski definition) is 5. The number of carbonyl (C=O) groups excluding carboxylic acids is 1. The zero-order chi connectivity index (χ0) is 15.4.